The topological polar surface area (TPSA) is 46.3 Å². The first-order chi connectivity index (χ1) is 10.7. The van der Waals surface area contributed by atoms with Gasteiger partial charge in [-0.05, 0) is 43.2 Å². The summed E-state index contributed by atoms with van der Waals surface area (Å²) in [4.78, 5) is 18.8. The highest BCUT2D eigenvalue weighted by Gasteiger charge is 2.27. The normalized spacial score (nSPS) is 13.4. The molecule has 3 heterocycles. The number of rotatable bonds is 2. The van der Waals surface area contributed by atoms with Crippen molar-refractivity contribution in [2.24, 2.45) is 0 Å². The van der Waals surface area contributed by atoms with Crippen LogP contribution in [0, 0.1) is 6.92 Å². The Morgan fingerprint density at radius 2 is 2.27 bits per heavy atom. The fraction of sp³-hybridized carbons (Fsp3) is 0.176. The van der Waals surface area contributed by atoms with Crippen molar-refractivity contribution in [3.05, 3.63) is 58.3 Å². The minimum atomic E-state index is -0.0824. The third-order valence-electron chi connectivity index (χ3n) is 3.87. The fourth-order valence-electron chi connectivity index (χ4n) is 2.80. The van der Waals surface area contributed by atoms with Crippen LogP contribution in [0.1, 0.15) is 21.1 Å². The van der Waals surface area contributed by atoms with E-state index in [0.29, 0.717) is 12.3 Å². The summed E-state index contributed by atoms with van der Waals surface area (Å²) < 4.78 is 5.22. The number of aryl methyl sites for hydroxylation is 1. The molecule has 3 aromatic rings. The van der Waals surface area contributed by atoms with E-state index in [2.05, 4.69) is 16.4 Å². The van der Waals surface area contributed by atoms with Gasteiger partial charge in [0.1, 0.15) is 0 Å². The Kier molecular flexibility index (Phi) is 3.08. The van der Waals surface area contributed by atoms with E-state index < -0.39 is 0 Å². The number of hydrogen-bond donors (Lipinski definition) is 0. The molecule has 2 aromatic heterocycles. The lowest BCUT2D eigenvalue weighted by Gasteiger charge is -2.15. The minimum Gasteiger partial charge on any atom is -0.459 e. The van der Waals surface area contributed by atoms with E-state index in [1.54, 1.807) is 28.4 Å². The van der Waals surface area contributed by atoms with E-state index in [4.69, 9.17) is 4.42 Å². The molecule has 0 bridgehead atoms. The van der Waals surface area contributed by atoms with Crippen LogP contribution >= 0.6 is 11.3 Å². The molecule has 0 fully saturated rings. The molecule has 1 aliphatic rings. The molecular weight excluding hydrogens is 296 g/mol. The number of furan rings is 1. The van der Waals surface area contributed by atoms with Gasteiger partial charge in [0.2, 0.25) is 0 Å². The Morgan fingerprint density at radius 1 is 1.36 bits per heavy atom. The monoisotopic (exact) mass is 310 g/mol. The fourth-order valence-corrected chi connectivity index (χ4v) is 3.42. The molecule has 0 spiro atoms. The van der Waals surface area contributed by atoms with Crippen LogP contribution in [0.4, 0.5) is 5.69 Å². The number of thiazole rings is 1. The zero-order valence-corrected chi connectivity index (χ0v) is 12.9. The van der Waals surface area contributed by atoms with Gasteiger partial charge in [0.05, 0.1) is 17.0 Å². The number of benzene rings is 1. The van der Waals surface area contributed by atoms with Gasteiger partial charge in [0.25, 0.3) is 5.91 Å². The molecule has 110 valence electrons. The highest BCUT2D eigenvalue weighted by atomic mass is 32.1. The lowest BCUT2D eigenvalue weighted by Crippen LogP contribution is -2.28. The van der Waals surface area contributed by atoms with Crippen molar-refractivity contribution in [2.45, 2.75) is 13.3 Å². The Labute approximate surface area is 132 Å². The molecule has 5 heteroatoms. The van der Waals surface area contributed by atoms with Crippen molar-refractivity contribution in [3.63, 3.8) is 0 Å². The van der Waals surface area contributed by atoms with Crippen LogP contribution in [0.5, 0.6) is 0 Å². The highest BCUT2D eigenvalue weighted by Crippen LogP contribution is 2.33. The standard InChI is InChI=1S/C17H14N2O2S/c1-11-18-14(10-22-11)12-4-5-15-13(9-12)6-7-19(15)17(20)16-3-2-8-21-16/h2-5,8-10H,6-7H2,1H3. The van der Waals surface area contributed by atoms with Gasteiger partial charge >= 0.3 is 0 Å². The molecular formula is C17H14N2O2S. The van der Waals surface area contributed by atoms with Gasteiger partial charge in [0, 0.05) is 23.2 Å². The van der Waals surface area contributed by atoms with E-state index in [0.717, 1.165) is 28.4 Å². The van der Waals surface area contributed by atoms with Crippen LogP contribution in [0.15, 0.2) is 46.4 Å². The molecule has 0 saturated carbocycles. The second kappa shape index (κ2) is 5.10. The van der Waals surface area contributed by atoms with Gasteiger partial charge in [-0.3, -0.25) is 4.79 Å². The molecule has 0 unspecified atom stereocenters. The van der Waals surface area contributed by atoms with Crippen molar-refractivity contribution >= 4 is 22.9 Å². The molecule has 22 heavy (non-hydrogen) atoms. The van der Waals surface area contributed by atoms with Gasteiger partial charge in [0.15, 0.2) is 5.76 Å². The number of anilines is 1. The minimum absolute atomic E-state index is 0.0824. The zero-order chi connectivity index (χ0) is 15.1. The summed E-state index contributed by atoms with van der Waals surface area (Å²) >= 11 is 1.65. The Hall–Kier alpha value is -2.40. The van der Waals surface area contributed by atoms with Crippen LogP contribution in [0.25, 0.3) is 11.3 Å². The summed E-state index contributed by atoms with van der Waals surface area (Å²) in [5, 5.41) is 3.13. The van der Waals surface area contributed by atoms with Gasteiger partial charge in [-0.1, -0.05) is 6.07 Å². The van der Waals surface area contributed by atoms with Crippen molar-refractivity contribution in [3.8, 4) is 11.3 Å². The molecule has 0 aliphatic carbocycles. The zero-order valence-electron chi connectivity index (χ0n) is 12.1. The molecule has 0 atom stereocenters. The molecule has 0 radical (unpaired) electrons. The molecule has 4 nitrogen and oxygen atoms in total. The summed E-state index contributed by atoms with van der Waals surface area (Å²) in [6.07, 6.45) is 2.39. The largest absolute Gasteiger partial charge is 0.459 e. The van der Waals surface area contributed by atoms with Crippen LogP contribution in [-0.4, -0.2) is 17.4 Å². The maximum atomic E-state index is 12.5. The van der Waals surface area contributed by atoms with Crippen LogP contribution in [0.2, 0.25) is 0 Å². The molecule has 1 aromatic carbocycles. The second-order valence-electron chi connectivity index (χ2n) is 5.28. The summed E-state index contributed by atoms with van der Waals surface area (Å²) in [5.41, 5.74) is 4.26. The number of fused-ring (bicyclic) bond motifs is 1. The lowest BCUT2D eigenvalue weighted by atomic mass is 10.1. The summed E-state index contributed by atoms with van der Waals surface area (Å²) in [5.74, 6) is 0.299. The van der Waals surface area contributed by atoms with Gasteiger partial charge in [-0.25, -0.2) is 4.98 Å². The molecule has 1 aliphatic heterocycles. The quantitative estimate of drug-likeness (QED) is 0.721. The summed E-state index contributed by atoms with van der Waals surface area (Å²) in [6.45, 7) is 2.69. The number of carbonyl (C=O) groups is 1. The molecule has 0 N–H and O–H groups in total. The Morgan fingerprint density at radius 3 is 3.00 bits per heavy atom. The van der Waals surface area contributed by atoms with E-state index in [9.17, 15) is 4.79 Å². The number of amides is 1. The smallest absolute Gasteiger partial charge is 0.293 e. The third kappa shape index (κ3) is 2.14. The average Bonchev–Trinajstić information content (AvgIpc) is 3.26. The highest BCUT2D eigenvalue weighted by molar-refractivity contribution is 7.09. The maximum absolute atomic E-state index is 12.5. The molecule has 0 saturated heterocycles. The Bertz CT molecular complexity index is 836. The van der Waals surface area contributed by atoms with E-state index in [1.165, 1.54) is 11.8 Å². The van der Waals surface area contributed by atoms with Crippen molar-refractivity contribution < 1.29 is 9.21 Å². The first-order valence-corrected chi connectivity index (χ1v) is 8.01. The van der Waals surface area contributed by atoms with E-state index in [1.807, 2.05) is 19.1 Å². The van der Waals surface area contributed by atoms with Crippen molar-refractivity contribution in [1.29, 1.82) is 0 Å². The first-order valence-electron chi connectivity index (χ1n) is 7.13. The number of carbonyl (C=O) groups excluding carboxylic acids is 1. The van der Waals surface area contributed by atoms with Crippen LogP contribution in [0.3, 0.4) is 0 Å². The Balaban J connectivity index is 1.67. The SMILES string of the molecule is Cc1nc(-c2ccc3c(c2)CCN3C(=O)c2ccco2)cs1. The average molecular weight is 310 g/mol. The third-order valence-corrected chi connectivity index (χ3v) is 4.64. The molecule has 1 amide bonds. The summed E-state index contributed by atoms with van der Waals surface area (Å²) in [7, 11) is 0. The first kappa shape index (κ1) is 13.3. The number of aromatic nitrogens is 1. The van der Waals surface area contributed by atoms with Gasteiger partial charge in [-0.2, -0.15) is 0 Å². The van der Waals surface area contributed by atoms with E-state index in [-0.39, 0.29) is 5.91 Å². The maximum Gasteiger partial charge on any atom is 0.293 e. The lowest BCUT2D eigenvalue weighted by molar-refractivity contribution is 0.0963. The van der Waals surface area contributed by atoms with Gasteiger partial charge in [-0.15, -0.1) is 11.3 Å². The summed E-state index contributed by atoms with van der Waals surface area (Å²) in [6, 6.07) is 9.61. The predicted octanol–water partition coefficient (Wildman–Crippen LogP) is 3.91. The molecule has 4 rings (SSSR count). The van der Waals surface area contributed by atoms with Crippen LogP contribution < -0.4 is 4.90 Å². The van der Waals surface area contributed by atoms with E-state index >= 15 is 0 Å². The number of hydrogen-bond acceptors (Lipinski definition) is 4. The number of nitrogens with zero attached hydrogens (tertiary/aromatic N) is 2. The second-order valence-corrected chi connectivity index (χ2v) is 6.34. The predicted molar refractivity (Wildman–Crippen MR) is 86.4 cm³/mol. The van der Waals surface area contributed by atoms with Crippen molar-refractivity contribution in [1.82, 2.24) is 4.98 Å². The van der Waals surface area contributed by atoms with Gasteiger partial charge < -0.3 is 9.32 Å². The van der Waals surface area contributed by atoms with Crippen molar-refractivity contribution in [2.75, 3.05) is 11.4 Å². The van der Waals surface area contributed by atoms with Crippen LogP contribution in [-0.2, 0) is 6.42 Å².